The van der Waals surface area contributed by atoms with Gasteiger partial charge in [0.1, 0.15) is 6.10 Å². The number of hydrogen-bond donors (Lipinski definition) is 0. The second-order valence-corrected chi connectivity index (χ2v) is 4.04. The summed E-state index contributed by atoms with van der Waals surface area (Å²) < 4.78 is 5.29. The highest BCUT2D eigenvalue weighted by Crippen LogP contribution is 2.19. The van der Waals surface area contributed by atoms with Crippen LogP contribution in [0.25, 0.3) is 0 Å². The van der Waals surface area contributed by atoms with Crippen molar-refractivity contribution >= 4 is 11.9 Å². The number of carbonyl (C=O) groups excluding carboxylic acids is 2. The van der Waals surface area contributed by atoms with Gasteiger partial charge in [0.25, 0.3) is 0 Å². The second kappa shape index (κ2) is 5.67. The summed E-state index contributed by atoms with van der Waals surface area (Å²) in [7, 11) is 0. The normalized spacial score (nSPS) is 17.4. The minimum Gasteiger partial charge on any atom is -0.441 e. The smallest absolute Gasteiger partial charge is 0.411 e. The molecule has 1 amide bonds. The molecule has 0 spiro atoms. The van der Waals surface area contributed by atoms with Crippen LogP contribution in [0.4, 0.5) is 4.79 Å². The summed E-state index contributed by atoms with van der Waals surface area (Å²) in [5.41, 5.74) is 0.921. The quantitative estimate of drug-likeness (QED) is 0.802. The summed E-state index contributed by atoms with van der Waals surface area (Å²) in [5.74, 6) is -0.109. The zero-order valence-electron chi connectivity index (χ0n) is 10.1. The third-order valence-corrected chi connectivity index (χ3v) is 2.66. The number of piperidine rings is 1. The van der Waals surface area contributed by atoms with Gasteiger partial charge in [-0.15, -0.1) is 0 Å². The highest BCUT2D eigenvalue weighted by atomic mass is 16.6. The van der Waals surface area contributed by atoms with E-state index >= 15 is 0 Å². The summed E-state index contributed by atoms with van der Waals surface area (Å²) in [6.45, 7) is 3.38. The first-order chi connectivity index (χ1) is 8.66. The molecule has 0 N–H and O–H groups in total. The first kappa shape index (κ1) is 12.6. The fourth-order valence-corrected chi connectivity index (χ4v) is 1.66. The van der Waals surface area contributed by atoms with Gasteiger partial charge in [0.15, 0.2) is 5.78 Å². The predicted molar refractivity (Wildman–Crippen MR) is 66.0 cm³/mol. The van der Waals surface area contributed by atoms with Crippen molar-refractivity contribution < 1.29 is 14.3 Å². The van der Waals surface area contributed by atoms with Crippen molar-refractivity contribution in [1.82, 2.24) is 4.90 Å². The Hall–Kier alpha value is -1.84. The molecule has 2 rings (SSSR count). The standard InChI is InChI=1S/C14H14NO3/c1-11(12-6-3-2-4-7-12)18-14(17)15-9-5-8-13(16)10-15/h2-9,11H,10H2,1H3/t11-/m0/s1. The van der Waals surface area contributed by atoms with E-state index < -0.39 is 6.09 Å². The van der Waals surface area contributed by atoms with Gasteiger partial charge in [0.2, 0.25) is 0 Å². The van der Waals surface area contributed by atoms with Crippen molar-refractivity contribution in [3.8, 4) is 0 Å². The Morgan fingerprint density at radius 2 is 2.06 bits per heavy atom. The lowest BCUT2D eigenvalue weighted by Crippen LogP contribution is -2.38. The van der Waals surface area contributed by atoms with E-state index in [-0.39, 0.29) is 18.4 Å². The van der Waals surface area contributed by atoms with Crippen LogP contribution in [0.3, 0.4) is 0 Å². The van der Waals surface area contributed by atoms with Gasteiger partial charge in [0.05, 0.1) is 13.1 Å². The number of likely N-dealkylation sites (tertiary alicyclic amines) is 1. The maximum Gasteiger partial charge on any atom is 0.411 e. The highest BCUT2D eigenvalue weighted by Gasteiger charge is 2.25. The van der Waals surface area contributed by atoms with E-state index in [1.54, 1.807) is 19.9 Å². The van der Waals surface area contributed by atoms with Crippen molar-refractivity contribution in [2.75, 3.05) is 6.54 Å². The van der Waals surface area contributed by atoms with Gasteiger partial charge < -0.3 is 4.74 Å². The van der Waals surface area contributed by atoms with E-state index in [1.165, 1.54) is 11.3 Å². The van der Waals surface area contributed by atoms with Gasteiger partial charge >= 0.3 is 6.09 Å². The van der Waals surface area contributed by atoms with Crippen molar-refractivity contribution in [3.63, 3.8) is 0 Å². The molecule has 0 aromatic heterocycles. The van der Waals surface area contributed by atoms with Crippen LogP contribution in [0.5, 0.6) is 0 Å². The summed E-state index contributed by atoms with van der Waals surface area (Å²) >= 11 is 0. The van der Waals surface area contributed by atoms with Crippen LogP contribution >= 0.6 is 0 Å². The number of rotatable bonds is 2. The Morgan fingerprint density at radius 3 is 2.72 bits per heavy atom. The lowest BCUT2D eigenvalue weighted by molar-refractivity contribution is -0.117. The van der Waals surface area contributed by atoms with Crippen molar-refractivity contribution in [1.29, 1.82) is 0 Å². The third-order valence-electron chi connectivity index (χ3n) is 2.66. The molecule has 0 bridgehead atoms. The van der Waals surface area contributed by atoms with Crippen molar-refractivity contribution in [2.45, 2.75) is 13.0 Å². The van der Waals surface area contributed by atoms with Crippen LogP contribution < -0.4 is 0 Å². The fourth-order valence-electron chi connectivity index (χ4n) is 1.66. The minimum absolute atomic E-state index is 0.0385. The molecule has 1 saturated heterocycles. The molecule has 1 aromatic carbocycles. The minimum atomic E-state index is -0.510. The number of ether oxygens (including phenoxy) is 1. The average Bonchev–Trinajstić information content (AvgIpc) is 2.39. The molecule has 1 aromatic rings. The number of nitrogens with zero attached hydrogens (tertiary/aromatic N) is 1. The van der Waals surface area contributed by atoms with Gasteiger partial charge in [-0.05, 0) is 18.9 Å². The summed E-state index contributed by atoms with van der Waals surface area (Å²) in [6.07, 6.45) is 2.13. The lowest BCUT2D eigenvalue weighted by Gasteiger charge is -2.25. The molecule has 4 nitrogen and oxygen atoms in total. The Bertz CT molecular complexity index is 430. The topological polar surface area (TPSA) is 46.6 Å². The van der Waals surface area contributed by atoms with E-state index in [9.17, 15) is 9.59 Å². The van der Waals surface area contributed by atoms with Gasteiger partial charge in [-0.25, -0.2) is 4.79 Å². The molecule has 18 heavy (non-hydrogen) atoms. The molecule has 0 saturated carbocycles. The summed E-state index contributed by atoms with van der Waals surface area (Å²) in [5, 5.41) is 0. The molecule has 1 atom stereocenters. The van der Waals surface area contributed by atoms with Crippen LogP contribution in [-0.4, -0.2) is 23.3 Å². The van der Waals surface area contributed by atoms with Crippen LogP contribution in [0, 0.1) is 19.4 Å². The molecule has 1 aliphatic heterocycles. The van der Waals surface area contributed by atoms with Crippen LogP contribution in [0.2, 0.25) is 0 Å². The largest absolute Gasteiger partial charge is 0.441 e. The Labute approximate surface area is 107 Å². The van der Waals surface area contributed by atoms with Crippen molar-refractivity contribution in [2.24, 2.45) is 0 Å². The number of Topliss-reactive ketones (excluding diaryl/α,β-unsaturated/α-hetero) is 1. The van der Waals surface area contributed by atoms with Gasteiger partial charge in [0, 0.05) is 6.42 Å². The van der Waals surface area contributed by atoms with E-state index in [4.69, 9.17) is 4.74 Å². The molecule has 0 unspecified atom stereocenters. The van der Waals surface area contributed by atoms with E-state index in [0.29, 0.717) is 0 Å². The lowest BCUT2D eigenvalue weighted by atomic mass is 10.1. The van der Waals surface area contributed by atoms with E-state index in [1.807, 2.05) is 30.3 Å². The molecule has 93 valence electrons. The number of hydrogen-bond acceptors (Lipinski definition) is 3. The molecule has 1 aliphatic rings. The van der Waals surface area contributed by atoms with Gasteiger partial charge in [-0.1, -0.05) is 30.3 Å². The van der Waals surface area contributed by atoms with Crippen LogP contribution in [0.15, 0.2) is 30.3 Å². The maximum atomic E-state index is 11.8. The summed E-state index contributed by atoms with van der Waals surface area (Å²) in [4.78, 5) is 24.3. The first-order valence-corrected chi connectivity index (χ1v) is 5.73. The average molecular weight is 244 g/mol. The Morgan fingerprint density at radius 1 is 1.33 bits per heavy atom. The van der Waals surface area contributed by atoms with Crippen LogP contribution in [0.1, 0.15) is 18.6 Å². The molecule has 3 radical (unpaired) electrons. The van der Waals surface area contributed by atoms with Crippen LogP contribution in [-0.2, 0) is 9.53 Å². The predicted octanol–water partition coefficient (Wildman–Crippen LogP) is 2.34. The molecular weight excluding hydrogens is 230 g/mol. The maximum absolute atomic E-state index is 11.8. The highest BCUT2D eigenvalue weighted by molar-refractivity contribution is 5.94. The Kier molecular flexibility index (Phi) is 3.97. The number of ketones is 1. The summed E-state index contributed by atoms with van der Waals surface area (Å²) in [6, 6.07) is 9.46. The number of benzene rings is 1. The molecule has 0 aliphatic carbocycles. The van der Waals surface area contributed by atoms with Gasteiger partial charge in [-0.3, -0.25) is 9.69 Å². The zero-order valence-corrected chi connectivity index (χ0v) is 10.1. The monoisotopic (exact) mass is 244 g/mol. The molecule has 1 fully saturated rings. The number of amides is 1. The zero-order chi connectivity index (χ0) is 13.0. The molecule has 4 heteroatoms. The number of carbonyl (C=O) groups is 2. The Balaban J connectivity index is 1.93. The fraction of sp³-hybridized carbons (Fsp3) is 0.214. The van der Waals surface area contributed by atoms with E-state index in [2.05, 4.69) is 0 Å². The first-order valence-electron chi connectivity index (χ1n) is 5.73. The second-order valence-electron chi connectivity index (χ2n) is 4.04. The van der Waals surface area contributed by atoms with Gasteiger partial charge in [-0.2, -0.15) is 0 Å². The molecule has 1 heterocycles. The third kappa shape index (κ3) is 3.09. The SMILES string of the molecule is C[C@H](OC(=O)N1[CH][CH][CH]C(=O)C1)c1ccccc1. The van der Waals surface area contributed by atoms with E-state index in [0.717, 1.165) is 5.56 Å². The van der Waals surface area contributed by atoms with Crippen molar-refractivity contribution in [3.05, 3.63) is 55.3 Å². The molecular formula is C14H14NO3.